The molecular weight excluding hydrogens is 261 g/mol. The molecule has 0 aromatic heterocycles. The molecule has 2 unspecified atom stereocenters. The highest BCUT2D eigenvalue weighted by molar-refractivity contribution is 7.99. The van der Waals surface area contributed by atoms with E-state index < -0.39 is 0 Å². The molecule has 0 bridgehead atoms. The number of halogens is 1. The molecule has 1 aromatic rings. The maximum atomic E-state index is 13.1. The minimum Gasteiger partial charge on any atom is -0.348 e. The van der Waals surface area contributed by atoms with Crippen LogP contribution in [0.5, 0.6) is 0 Å². The van der Waals surface area contributed by atoms with Crippen LogP contribution < -0.4 is 5.32 Å². The Balaban J connectivity index is 2.07. The summed E-state index contributed by atoms with van der Waals surface area (Å²) in [6, 6.07) is 4.55. The molecule has 104 valence electrons. The first-order valence-electron chi connectivity index (χ1n) is 6.71. The van der Waals surface area contributed by atoms with Gasteiger partial charge in [0, 0.05) is 16.9 Å². The van der Waals surface area contributed by atoms with Crippen LogP contribution in [0.15, 0.2) is 18.2 Å². The Kier molecular flexibility index (Phi) is 4.86. The highest BCUT2D eigenvalue weighted by atomic mass is 32.2. The van der Waals surface area contributed by atoms with Gasteiger partial charge in [-0.25, -0.2) is 4.39 Å². The Labute approximate surface area is 118 Å². The molecule has 1 aliphatic rings. The second-order valence-corrected chi connectivity index (χ2v) is 6.17. The van der Waals surface area contributed by atoms with Crippen molar-refractivity contribution in [3.8, 4) is 0 Å². The first kappa shape index (κ1) is 14.4. The number of rotatable bonds is 3. The fourth-order valence-electron chi connectivity index (χ4n) is 2.67. The number of aryl methyl sites for hydroxylation is 1. The predicted molar refractivity (Wildman–Crippen MR) is 78.2 cm³/mol. The van der Waals surface area contributed by atoms with E-state index in [1.165, 1.54) is 25.0 Å². The molecule has 1 amide bonds. The van der Waals surface area contributed by atoms with Gasteiger partial charge in [0.1, 0.15) is 5.82 Å². The van der Waals surface area contributed by atoms with Crippen molar-refractivity contribution >= 4 is 17.7 Å². The lowest BCUT2D eigenvalue weighted by molar-refractivity contribution is 0.0928. The number of thioether (sulfide) groups is 1. The first-order valence-corrected chi connectivity index (χ1v) is 8.00. The largest absolute Gasteiger partial charge is 0.348 e. The number of nitrogens with one attached hydrogen (secondary N) is 1. The summed E-state index contributed by atoms with van der Waals surface area (Å²) in [6.07, 6.45) is 6.71. The van der Waals surface area contributed by atoms with Gasteiger partial charge in [0.2, 0.25) is 0 Å². The molecule has 2 atom stereocenters. The molecule has 0 saturated heterocycles. The normalized spacial score (nSPS) is 23.1. The monoisotopic (exact) mass is 281 g/mol. The van der Waals surface area contributed by atoms with Crippen molar-refractivity contribution in [3.63, 3.8) is 0 Å². The third-order valence-corrected chi connectivity index (χ3v) is 4.92. The second kappa shape index (κ2) is 6.42. The summed E-state index contributed by atoms with van der Waals surface area (Å²) in [7, 11) is 0. The molecule has 0 aliphatic heterocycles. The van der Waals surface area contributed by atoms with E-state index in [4.69, 9.17) is 0 Å². The Hall–Kier alpha value is -1.03. The molecule has 1 aromatic carbocycles. The number of carbonyl (C=O) groups is 1. The van der Waals surface area contributed by atoms with Gasteiger partial charge in [0.25, 0.3) is 5.91 Å². The summed E-state index contributed by atoms with van der Waals surface area (Å²) in [6.45, 7) is 1.77. The van der Waals surface area contributed by atoms with Gasteiger partial charge in [-0.3, -0.25) is 4.79 Å². The third kappa shape index (κ3) is 3.50. The van der Waals surface area contributed by atoms with E-state index in [1.54, 1.807) is 13.0 Å². The van der Waals surface area contributed by atoms with Crippen molar-refractivity contribution in [2.75, 3.05) is 6.26 Å². The van der Waals surface area contributed by atoms with Gasteiger partial charge in [-0.1, -0.05) is 12.8 Å². The average Bonchev–Trinajstić information content (AvgIpc) is 2.39. The van der Waals surface area contributed by atoms with Crippen molar-refractivity contribution in [3.05, 3.63) is 35.1 Å². The van der Waals surface area contributed by atoms with Gasteiger partial charge >= 0.3 is 0 Å². The van der Waals surface area contributed by atoms with Gasteiger partial charge in [-0.15, -0.1) is 0 Å². The van der Waals surface area contributed by atoms with Crippen molar-refractivity contribution in [1.29, 1.82) is 0 Å². The quantitative estimate of drug-likeness (QED) is 0.918. The summed E-state index contributed by atoms with van der Waals surface area (Å²) < 4.78 is 13.1. The number of carbonyl (C=O) groups excluding carboxylic acids is 1. The van der Waals surface area contributed by atoms with Crippen LogP contribution in [0.4, 0.5) is 4.39 Å². The number of hydrogen-bond donors (Lipinski definition) is 1. The minimum absolute atomic E-state index is 0.0801. The van der Waals surface area contributed by atoms with Crippen LogP contribution in [-0.4, -0.2) is 23.5 Å². The Morgan fingerprint density at radius 3 is 2.79 bits per heavy atom. The van der Waals surface area contributed by atoms with Gasteiger partial charge in [-0.2, -0.15) is 11.8 Å². The third-order valence-electron chi connectivity index (χ3n) is 3.75. The second-order valence-electron chi connectivity index (χ2n) is 5.10. The summed E-state index contributed by atoms with van der Waals surface area (Å²) in [5, 5.41) is 3.61. The molecule has 1 N–H and O–H groups in total. The zero-order valence-corrected chi connectivity index (χ0v) is 12.2. The number of benzene rings is 1. The van der Waals surface area contributed by atoms with E-state index in [1.807, 2.05) is 11.8 Å². The lowest BCUT2D eigenvalue weighted by Gasteiger charge is -2.31. The molecule has 2 rings (SSSR count). The first-order chi connectivity index (χ1) is 9.11. The molecule has 1 saturated carbocycles. The van der Waals surface area contributed by atoms with E-state index in [2.05, 4.69) is 11.6 Å². The molecule has 4 heteroatoms. The van der Waals surface area contributed by atoms with Crippen LogP contribution in [0.3, 0.4) is 0 Å². The van der Waals surface area contributed by atoms with Crippen LogP contribution in [0.1, 0.15) is 41.6 Å². The number of amides is 1. The van der Waals surface area contributed by atoms with Crippen LogP contribution in [0, 0.1) is 12.7 Å². The molecule has 0 heterocycles. The predicted octanol–water partition coefficient (Wildman–Crippen LogP) is 3.54. The zero-order chi connectivity index (χ0) is 13.8. The fraction of sp³-hybridized carbons (Fsp3) is 0.533. The van der Waals surface area contributed by atoms with E-state index in [9.17, 15) is 9.18 Å². The molecule has 1 aliphatic carbocycles. The van der Waals surface area contributed by atoms with Gasteiger partial charge in [0.05, 0.1) is 0 Å². The highest BCUT2D eigenvalue weighted by Gasteiger charge is 2.26. The average molecular weight is 281 g/mol. The zero-order valence-electron chi connectivity index (χ0n) is 11.4. The molecule has 2 nitrogen and oxygen atoms in total. The standard InChI is InChI=1S/C15H20FNOS/c1-10-9-11(16)7-8-12(10)15(18)17-13-5-3-4-6-14(13)19-2/h7-9,13-14H,3-6H2,1-2H3,(H,17,18). The van der Waals surface area contributed by atoms with Gasteiger partial charge in [0.15, 0.2) is 0 Å². The van der Waals surface area contributed by atoms with E-state index >= 15 is 0 Å². The summed E-state index contributed by atoms with van der Waals surface area (Å²) in [5.74, 6) is -0.378. The Morgan fingerprint density at radius 1 is 1.37 bits per heavy atom. The molecule has 0 spiro atoms. The maximum absolute atomic E-state index is 13.1. The summed E-state index contributed by atoms with van der Waals surface area (Å²) in [5.41, 5.74) is 1.26. The van der Waals surface area contributed by atoms with Crippen molar-refractivity contribution in [2.45, 2.75) is 43.9 Å². The summed E-state index contributed by atoms with van der Waals surface area (Å²) >= 11 is 1.82. The SMILES string of the molecule is CSC1CCCCC1NC(=O)c1ccc(F)cc1C. The topological polar surface area (TPSA) is 29.1 Å². The molecule has 19 heavy (non-hydrogen) atoms. The van der Waals surface area contributed by atoms with Crippen LogP contribution in [0.2, 0.25) is 0 Å². The Bertz CT molecular complexity index is 463. The van der Waals surface area contributed by atoms with E-state index in [0.717, 1.165) is 12.8 Å². The number of hydrogen-bond acceptors (Lipinski definition) is 2. The van der Waals surface area contributed by atoms with Gasteiger partial charge < -0.3 is 5.32 Å². The van der Waals surface area contributed by atoms with Crippen molar-refractivity contribution in [1.82, 2.24) is 5.32 Å². The van der Waals surface area contributed by atoms with Crippen LogP contribution in [0.25, 0.3) is 0 Å². The van der Waals surface area contributed by atoms with E-state index in [-0.39, 0.29) is 17.8 Å². The maximum Gasteiger partial charge on any atom is 0.251 e. The lowest BCUT2D eigenvalue weighted by atomic mass is 9.94. The van der Waals surface area contributed by atoms with Gasteiger partial charge in [-0.05, 0) is 49.8 Å². The molecule has 1 fully saturated rings. The molecular formula is C15H20FNOS. The highest BCUT2D eigenvalue weighted by Crippen LogP contribution is 2.27. The smallest absolute Gasteiger partial charge is 0.251 e. The lowest BCUT2D eigenvalue weighted by Crippen LogP contribution is -2.43. The van der Waals surface area contributed by atoms with E-state index in [0.29, 0.717) is 16.4 Å². The summed E-state index contributed by atoms with van der Waals surface area (Å²) in [4.78, 5) is 12.3. The fourth-order valence-corrected chi connectivity index (χ4v) is 3.61. The van der Waals surface area contributed by atoms with Crippen LogP contribution >= 0.6 is 11.8 Å². The minimum atomic E-state index is -0.297. The molecule has 0 radical (unpaired) electrons. The van der Waals surface area contributed by atoms with Crippen molar-refractivity contribution in [2.24, 2.45) is 0 Å². The van der Waals surface area contributed by atoms with Crippen molar-refractivity contribution < 1.29 is 9.18 Å². The van der Waals surface area contributed by atoms with Crippen LogP contribution in [-0.2, 0) is 0 Å². The Morgan fingerprint density at radius 2 is 2.11 bits per heavy atom.